The van der Waals surface area contributed by atoms with E-state index in [1.807, 2.05) is 13.8 Å². The Kier molecular flexibility index (Phi) is 8.66. The Labute approximate surface area is 216 Å². The maximum atomic E-state index is 13.2. The van der Waals surface area contributed by atoms with Crippen molar-refractivity contribution in [1.82, 2.24) is 14.3 Å². The second-order valence-corrected chi connectivity index (χ2v) is 9.94. The molecule has 8 nitrogen and oxygen atoms in total. The van der Waals surface area contributed by atoms with E-state index in [1.165, 1.54) is 22.2 Å². The van der Waals surface area contributed by atoms with Crippen molar-refractivity contribution < 1.29 is 19.4 Å². The van der Waals surface area contributed by atoms with Gasteiger partial charge in [-0.2, -0.15) is 4.98 Å². The van der Waals surface area contributed by atoms with Crippen LogP contribution >= 0.6 is 35.6 Å². The number of ether oxygens (including phenoxy) is 1. The van der Waals surface area contributed by atoms with E-state index in [0.717, 1.165) is 6.92 Å². The molecule has 1 aromatic carbocycles. The topological polar surface area (TPSA) is 101 Å². The number of pyridine rings is 1. The van der Waals surface area contributed by atoms with Gasteiger partial charge in [-0.25, -0.2) is 0 Å². The molecule has 1 saturated heterocycles. The van der Waals surface area contributed by atoms with Crippen LogP contribution in [0.15, 0.2) is 58.4 Å². The van der Waals surface area contributed by atoms with E-state index in [0.29, 0.717) is 32.2 Å². The van der Waals surface area contributed by atoms with Crippen molar-refractivity contribution in [2.75, 3.05) is 6.54 Å². The SMILES string of the molecule is CC(=O)O.CC(C)CN1C(=O)/C(=C\c2c(Oc3ccc(Cl)cc3)nc3ccccn3c2=O)SC1=S. The van der Waals surface area contributed by atoms with Gasteiger partial charge in [-0.1, -0.05) is 55.5 Å². The summed E-state index contributed by atoms with van der Waals surface area (Å²) in [6, 6.07) is 12.0. The minimum Gasteiger partial charge on any atom is -0.481 e. The Bertz CT molecular complexity index is 1370. The molecule has 1 N–H and O–H groups in total. The first-order valence-electron chi connectivity index (χ1n) is 10.5. The number of aliphatic carboxylic acids is 1. The number of thiocarbonyl (C=S) groups is 1. The molecule has 11 heteroatoms. The standard InChI is InChI=1S/C22H18ClN3O3S2.C2H4O2/c1-13(2)12-26-21(28)17(31-22(26)30)11-16-19(29-15-8-6-14(23)7-9-15)24-18-5-3-4-10-25(18)20(16)27;1-2(3)4/h3-11,13H,12H2,1-2H3;1H3,(H,3,4)/b17-11+;. The highest BCUT2D eigenvalue weighted by atomic mass is 35.5. The predicted octanol–water partition coefficient (Wildman–Crippen LogP) is 5.09. The van der Waals surface area contributed by atoms with E-state index < -0.39 is 5.97 Å². The number of carbonyl (C=O) groups excluding carboxylic acids is 1. The van der Waals surface area contributed by atoms with Gasteiger partial charge in [0.1, 0.15) is 21.3 Å². The highest BCUT2D eigenvalue weighted by Crippen LogP contribution is 2.34. The van der Waals surface area contributed by atoms with Crippen molar-refractivity contribution in [2.24, 2.45) is 5.92 Å². The molecule has 4 rings (SSSR count). The van der Waals surface area contributed by atoms with Crippen molar-refractivity contribution in [3.63, 3.8) is 0 Å². The van der Waals surface area contributed by atoms with E-state index in [9.17, 15) is 9.59 Å². The summed E-state index contributed by atoms with van der Waals surface area (Å²) in [6.45, 7) is 5.63. The van der Waals surface area contributed by atoms with Gasteiger partial charge in [0.15, 0.2) is 0 Å². The number of thioether (sulfide) groups is 1. The van der Waals surface area contributed by atoms with Gasteiger partial charge in [0.2, 0.25) is 5.88 Å². The van der Waals surface area contributed by atoms with Gasteiger partial charge in [0.05, 0.1) is 4.91 Å². The number of halogens is 1. The molecule has 2 aromatic heterocycles. The zero-order valence-electron chi connectivity index (χ0n) is 19.1. The van der Waals surface area contributed by atoms with Crippen LogP contribution in [0.4, 0.5) is 0 Å². The predicted molar refractivity (Wildman–Crippen MR) is 141 cm³/mol. The third kappa shape index (κ3) is 6.68. The Morgan fingerprint density at radius 1 is 1.23 bits per heavy atom. The monoisotopic (exact) mass is 531 g/mol. The first-order valence-corrected chi connectivity index (χ1v) is 12.1. The highest BCUT2D eigenvalue weighted by molar-refractivity contribution is 8.26. The lowest BCUT2D eigenvalue weighted by molar-refractivity contribution is -0.134. The molecule has 0 aliphatic carbocycles. The summed E-state index contributed by atoms with van der Waals surface area (Å²) in [5, 5.41) is 7.98. The zero-order valence-corrected chi connectivity index (χ0v) is 21.5. The fourth-order valence-corrected chi connectivity index (χ4v) is 4.43. The molecule has 0 bridgehead atoms. The summed E-state index contributed by atoms with van der Waals surface area (Å²) < 4.78 is 7.81. The van der Waals surface area contributed by atoms with Crippen molar-refractivity contribution >= 4 is 63.5 Å². The normalized spacial score (nSPS) is 14.4. The number of nitrogens with zero attached hydrogens (tertiary/aromatic N) is 3. The van der Waals surface area contributed by atoms with Crippen LogP contribution < -0.4 is 10.3 Å². The minimum atomic E-state index is -0.833. The molecule has 35 heavy (non-hydrogen) atoms. The van der Waals surface area contributed by atoms with Crippen molar-refractivity contribution in [2.45, 2.75) is 20.8 Å². The van der Waals surface area contributed by atoms with Gasteiger partial charge in [0, 0.05) is 24.7 Å². The maximum absolute atomic E-state index is 13.2. The number of aromatic nitrogens is 2. The number of hydrogen-bond acceptors (Lipinski definition) is 7. The zero-order chi connectivity index (χ0) is 25.7. The molecule has 182 valence electrons. The molecular formula is C24H22ClN3O5S2. The number of rotatable bonds is 5. The average molecular weight is 532 g/mol. The number of amides is 1. The lowest BCUT2D eigenvalue weighted by atomic mass is 10.2. The number of benzene rings is 1. The molecule has 3 heterocycles. The summed E-state index contributed by atoms with van der Waals surface area (Å²) in [7, 11) is 0. The van der Waals surface area contributed by atoms with Crippen LogP contribution in [-0.4, -0.2) is 42.1 Å². The highest BCUT2D eigenvalue weighted by Gasteiger charge is 2.33. The van der Waals surface area contributed by atoms with Crippen LogP contribution in [0, 0.1) is 5.92 Å². The summed E-state index contributed by atoms with van der Waals surface area (Å²) in [4.78, 5) is 41.6. The van der Waals surface area contributed by atoms with E-state index in [4.69, 9.17) is 38.5 Å². The van der Waals surface area contributed by atoms with Gasteiger partial charge in [-0.05, 0) is 48.4 Å². The van der Waals surface area contributed by atoms with Gasteiger partial charge in [-0.15, -0.1) is 0 Å². The second-order valence-electron chi connectivity index (χ2n) is 7.83. The summed E-state index contributed by atoms with van der Waals surface area (Å²) in [5.74, 6) is -0.219. The fraction of sp³-hybridized carbons (Fsp3) is 0.208. The van der Waals surface area contributed by atoms with Crippen LogP contribution in [0.3, 0.4) is 0 Å². The third-order valence-corrected chi connectivity index (χ3v) is 6.09. The third-order valence-electron chi connectivity index (χ3n) is 4.46. The first kappa shape index (κ1) is 26.4. The largest absolute Gasteiger partial charge is 0.481 e. The molecular weight excluding hydrogens is 510 g/mol. The Balaban J connectivity index is 0.000000795. The fourth-order valence-electron chi connectivity index (χ4n) is 3.05. The van der Waals surface area contributed by atoms with Gasteiger partial charge in [-0.3, -0.25) is 23.7 Å². The Morgan fingerprint density at radius 3 is 2.51 bits per heavy atom. The molecule has 0 atom stereocenters. The van der Waals surface area contributed by atoms with E-state index >= 15 is 0 Å². The second kappa shape index (κ2) is 11.5. The van der Waals surface area contributed by atoms with Crippen LogP contribution in [0.25, 0.3) is 11.7 Å². The average Bonchev–Trinajstić information content (AvgIpc) is 3.04. The number of carboxylic acids is 1. The Morgan fingerprint density at radius 2 is 1.89 bits per heavy atom. The molecule has 1 aliphatic rings. The quantitative estimate of drug-likeness (QED) is 0.359. The van der Waals surface area contributed by atoms with E-state index in [2.05, 4.69) is 4.98 Å². The smallest absolute Gasteiger partial charge is 0.300 e. The summed E-state index contributed by atoms with van der Waals surface area (Å²) >= 11 is 12.5. The molecule has 1 fully saturated rings. The first-order chi connectivity index (χ1) is 16.6. The Hall–Kier alpha value is -3.21. The van der Waals surface area contributed by atoms with Crippen molar-refractivity contribution in [3.05, 3.63) is 74.5 Å². The van der Waals surface area contributed by atoms with E-state index in [1.54, 1.807) is 53.6 Å². The van der Waals surface area contributed by atoms with Gasteiger partial charge < -0.3 is 9.84 Å². The number of fused-ring (bicyclic) bond motifs is 1. The lowest BCUT2D eigenvalue weighted by Gasteiger charge is -2.16. The van der Waals surface area contributed by atoms with Crippen molar-refractivity contribution in [3.8, 4) is 11.6 Å². The van der Waals surface area contributed by atoms with Gasteiger partial charge >= 0.3 is 0 Å². The minimum absolute atomic E-state index is 0.104. The molecule has 0 saturated carbocycles. The molecule has 0 unspecified atom stereocenters. The van der Waals surface area contributed by atoms with Crippen LogP contribution in [0.1, 0.15) is 26.3 Å². The lowest BCUT2D eigenvalue weighted by Crippen LogP contribution is -2.31. The van der Waals surface area contributed by atoms with Crippen LogP contribution in [-0.2, 0) is 9.59 Å². The van der Waals surface area contributed by atoms with Crippen molar-refractivity contribution in [1.29, 1.82) is 0 Å². The molecule has 0 spiro atoms. The maximum Gasteiger partial charge on any atom is 0.300 e. The molecule has 3 aromatic rings. The van der Waals surface area contributed by atoms with Crippen LogP contribution in [0.5, 0.6) is 11.6 Å². The molecule has 1 amide bonds. The number of hydrogen-bond donors (Lipinski definition) is 1. The molecule has 0 radical (unpaired) electrons. The number of carboxylic acid groups (broad SMARTS) is 1. The van der Waals surface area contributed by atoms with Crippen LogP contribution in [0.2, 0.25) is 5.02 Å². The summed E-state index contributed by atoms with van der Waals surface area (Å²) in [5.41, 5.74) is 0.258. The number of carbonyl (C=O) groups is 2. The van der Waals surface area contributed by atoms with Gasteiger partial charge in [0.25, 0.3) is 17.4 Å². The summed E-state index contributed by atoms with van der Waals surface area (Å²) in [6.07, 6.45) is 3.14. The molecule has 1 aliphatic heterocycles. The van der Waals surface area contributed by atoms with E-state index in [-0.39, 0.29) is 28.8 Å².